The third-order valence-corrected chi connectivity index (χ3v) is 5.03. The summed E-state index contributed by atoms with van der Waals surface area (Å²) in [5.41, 5.74) is 2.57. The lowest BCUT2D eigenvalue weighted by Gasteiger charge is -2.39. The average Bonchev–Trinajstić information content (AvgIpc) is 3.01. The molecule has 0 amide bonds. The molecule has 5 nitrogen and oxygen atoms in total. The molecule has 0 spiro atoms. The quantitative estimate of drug-likeness (QED) is 0.885. The van der Waals surface area contributed by atoms with E-state index in [1.807, 2.05) is 24.7 Å². The highest BCUT2D eigenvalue weighted by Crippen LogP contribution is 2.34. The fourth-order valence-electron chi connectivity index (χ4n) is 3.78. The third-order valence-electron chi connectivity index (χ3n) is 5.03. The Morgan fingerprint density at radius 1 is 1.33 bits per heavy atom. The molecule has 2 heterocycles. The predicted molar refractivity (Wildman–Crippen MR) is 96.0 cm³/mol. The molecule has 1 fully saturated rings. The monoisotopic (exact) mass is 328 g/mol. The van der Waals surface area contributed by atoms with Gasteiger partial charge in [0.15, 0.2) is 0 Å². The van der Waals surface area contributed by atoms with E-state index >= 15 is 0 Å². The Balaban J connectivity index is 1.63. The van der Waals surface area contributed by atoms with Crippen molar-refractivity contribution in [2.24, 2.45) is 13.0 Å². The SMILES string of the molecule is COc1cccc(CNC[C@@H]2CCCN(C)[C@H]2c2cncn2C)c1. The molecule has 3 rings (SSSR count). The summed E-state index contributed by atoms with van der Waals surface area (Å²) in [4.78, 5) is 6.79. The molecule has 1 N–H and O–H groups in total. The Morgan fingerprint density at radius 2 is 2.21 bits per heavy atom. The number of hydrogen-bond acceptors (Lipinski definition) is 4. The maximum Gasteiger partial charge on any atom is 0.119 e. The van der Waals surface area contributed by atoms with Crippen LogP contribution in [-0.2, 0) is 13.6 Å². The number of ether oxygens (including phenoxy) is 1. The molecule has 24 heavy (non-hydrogen) atoms. The van der Waals surface area contributed by atoms with Gasteiger partial charge in [0.1, 0.15) is 5.75 Å². The van der Waals surface area contributed by atoms with Crippen LogP contribution in [0.2, 0.25) is 0 Å². The largest absolute Gasteiger partial charge is 0.497 e. The number of likely N-dealkylation sites (tertiary alicyclic amines) is 1. The second-order valence-corrected chi connectivity index (χ2v) is 6.74. The van der Waals surface area contributed by atoms with E-state index in [0.29, 0.717) is 12.0 Å². The lowest BCUT2D eigenvalue weighted by molar-refractivity contribution is 0.113. The van der Waals surface area contributed by atoms with E-state index in [9.17, 15) is 0 Å². The lowest BCUT2D eigenvalue weighted by Crippen LogP contribution is -2.41. The van der Waals surface area contributed by atoms with Gasteiger partial charge in [0, 0.05) is 26.3 Å². The number of methoxy groups -OCH3 is 1. The van der Waals surface area contributed by atoms with Crippen LogP contribution in [0.5, 0.6) is 5.75 Å². The summed E-state index contributed by atoms with van der Waals surface area (Å²) in [6.45, 7) is 3.04. The molecule has 2 atom stereocenters. The number of rotatable bonds is 6. The van der Waals surface area contributed by atoms with Crippen molar-refractivity contribution in [3.63, 3.8) is 0 Å². The average molecular weight is 328 g/mol. The highest BCUT2D eigenvalue weighted by Gasteiger charge is 2.31. The molecule has 0 unspecified atom stereocenters. The highest BCUT2D eigenvalue weighted by atomic mass is 16.5. The van der Waals surface area contributed by atoms with E-state index in [1.165, 1.54) is 24.1 Å². The zero-order valence-electron chi connectivity index (χ0n) is 14.9. The zero-order chi connectivity index (χ0) is 16.9. The number of benzene rings is 1. The molecule has 2 aromatic rings. The summed E-state index contributed by atoms with van der Waals surface area (Å²) in [5, 5.41) is 3.64. The van der Waals surface area contributed by atoms with Gasteiger partial charge in [0.2, 0.25) is 0 Å². The van der Waals surface area contributed by atoms with Crippen molar-refractivity contribution >= 4 is 0 Å². The van der Waals surface area contributed by atoms with E-state index < -0.39 is 0 Å². The molecule has 1 aromatic heterocycles. The number of piperidine rings is 1. The zero-order valence-corrected chi connectivity index (χ0v) is 14.9. The van der Waals surface area contributed by atoms with Gasteiger partial charge in [-0.05, 0) is 50.0 Å². The Kier molecular flexibility index (Phi) is 5.53. The molecule has 0 aliphatic carbocycles. The molecule has 1 aliphatic heterocycles. The van der Waals surface area contributed by atoms with Gasteiger partial charge in [-0.25, -0.2) is 4.98 Å². The van der Waals surface area contributed by atoms with Gasteiger partial charge >= 0.3 is 0 Å². The number of aryl methyl sites for hydroxylation is 1. The first-order valence-electron chi connectivity index (χ1n) is 8.69. The van der Waals surface area contributed by atoms with E-state index in [2.05, 4.69) is 46.0 Å². The van der Waals surface area contributed by atoms with Crippen LogP contribution in [0, 0.1) is 5.92 Å². The second-order valence-electron chi connectivity index (χ2n) is 6.74. The molecule has 0 radical (unpaired) electrons. The van der Waals surface area contributed by atoms with Crippen LogP contribution in [0.25, 0.3) is 0 Å². The minimum Gasteiger partial charge on any atom is -0.497 e. The molecule has 1 saturated heterocycles. The molecular formula is C19H28N4O. The van der Waals surface area contributed by atoms with Crippen LogP contribution in [0.15, 0.2) is 36.8 Å². The molecule has 1 aliphatic rings. The predicted octanol–water partition coefficient (Wildman–Crippen LogP) is 2.60. The van der Waals surface area contributed by atoms with Crippen molar-refractivity contribution < 1.29 is 4.74 Å². The normalized spacial score (nSPS) is 21.8. The van der Waals surface area contributed by atoms with E-state index in [1.54, 1.807) is 7.11 Å². The molecule has 0 bridgehead atoms. The topological polar surface area (TPSA) is 42.3 Å². The first kappa shape index (κ1) is 17.0. The van der Waals surface area contributed by atoms with Crippen molar-refractivity contribution in [1.82, 2.24) is 19.8 Å². The lowest BCUT2D eigenvalue weighted by atomic mass is 9.87. The minimum atomic E-state index is 0.434. The van der Waals surface area contributed by atoms with Crippen LogP contribution in [0.3, 0.4) is 0 Å². The minimum absolute atomic E-state index is 0.434. The van der Waals surface area contributed by atoms with Crippen molar-refractivity contribution in [2.45, 2.75) is 25.4 Å². The summed E-state index contributed by atoms with van der Waals surface area (Å²) in [6, 6.07) is 8.70. The van der Waals surface area contributed by atoms with E-state index in [0.717, 1.165) is 25.4 Å². The van der Waals surface area contributed by atoms with Crippen LogP contribution < -0.4 is 10.1 Å². The summed E-state index contributed by atoms with van der Waals surface area (Å²) in [7, 11) is 6.03. The van der Waals surface area contributed by atoms with E-state index in [4.69, 9.17) is 4.74 Å². The molecule has 5 heteroatoms. The van der Waals surface area contributed by atoms with Crippen LogP contribution in [-0.4, -0.2) is 41.7 Å². The van der Waals surface area contributed by atoms with Gasteiger partial charge in [0.05, 0.1) is 25.2 Å². The number of aromatic nitrogens is 2. The Hall–Kier alpha value is -1.85. The first-order chi connectivity index (χ1) is 11.7. The summed E-state index contributed by atoms with van der Waals surface area (Å²) < 4.78 is 7.45. The number of nitrogens with one attached hydrogen (secondary N) is 1. The fraction of sp³-hybridized carbons (Fsp3) is 0.526. The Morgan fingerprint density at radius 3 is 2.96 bits per heavy atom. The maximum atomic E-state index is 5.30. The molecule has 130 valence electrons. The molecule has 1 aromatic carbocycles. The summed E-state index contributed by atoms with van der Waals surface area (Å²) in [6.07, 6.45) is 6.43. The highest BCUT2D eigenvalue weighted by molar-refractivity contribution is 5.28. The fourth-order valence-corrected chi connectivity index (χ4v) is 3.78. The van der Waals surface area contributed by atoms with Crippen LogP contribution >= 0.6 is 0 Å². The van der Waals surface area contributed by atoms with Crippen molar-refractivity contribution in [3.05, 3.63) is 48.0 Å². The smallest absolute Gasteiger partial charge is 0.119 e. The molecule has 0 saturated carbocycles. The van der Waals surface area contributed by atoms with Crippen molar-refractivity contribution in [3.8, 4) is 5.75 Å². The summed E-state index contributed by atoms with van der Waals surface area (Å²) >= 11 is 0. The van der Waals surface area contributed by atoms with E-state index in [-0.39, 0.29) is 0 Å². The standard InChI is InChI=1S/C19H28N4O/c1-22-9-5-7-16(19(22)18-13-21-14-23(18)2)12-20-11-15-6-4-8-17(10-15)24-3/h4,6,8,10,13-14,16,19-20H,5,7,9,11-12H2,1-3H3/t16-,19+/m0/s1. The summed E-state index contributed by atoms with van der Waals surface area (Å²) in [5.74, 6) is 1.52. The van der Waals surface area contributed by atoms with Crippen molar-refractivity contribution in [2.75, 3.05) is 27.2 Å². The van der Waals surface area contributed by atoms with Gasteiger partial charge < -0.3 is 14.6 Å². The third kappa shape index (κ3) is 3.79. The first-order valence-corrected chi connectivity index (χ1v) is 8.69. The van der Waals surface area contributed by atoms with Gasteiger partial charge in [-0.15, -0.1) is 0 Å². The van der Waals surface area contributed by atoms with Crippen LogP contribution in [0.1, 0.15) is 30.1 Å². The number of hydrogen-bond donors (Lipinski definition) is 1. The Bertz CT molecular complexity index is 654. The van der Waals surface area contributed by atoms with Gasteiger partial charge in [0.25, 0.3) is 0 Å². The Labute approximate surface area is 144 Å². The van der Waals surface area contributed by atoms with Crippen molar-refractivity contribution in [1.29, 1.82) is 0 Å². The molecular weight excluding hydrogens is 300 g/mol. The van der Waals surface area contributed by atoms with Gasteiger partial charge in [-0.2, -0.15) is 0 Å². The number of nitrogens with zero attached hydrogens (tertiary/aromatic N) is 3. The number of imidazole rings is 1. The second kappa shape index (κ2) is 7.81. The maximum absolute atomic E-state index is 5.30. The van der Waals surface area contributed by atoms with Gasteiger partial charge in [-0.3, -0.25) is 4.90 Å². The van der Waals surface area contributed by atoms with Crippen LogP contribution in [0.4, 0.5) is 0 Å². The van der Waals surface area contributed by atoms with Gasteiger partial charge in [-0.1, -0.05) is 12.1 Å².